The molecule has 0 aliphatic carbocycles. The van der Waals surface area contributed by atoms with Crippen molar-refractivity contribution in [3.8, 4) is 0 Å². The summed E-state index contributed by atoms with van der Waals surface area (Å²) in [6, 6.07) is 10.5. The molecule has 1 aromatic carbocycles. The summed E-state index contributed by atoms with van der Waals surface area (Å²) in [6.07, 6.45) is 5.03. The minimum Gasteiger partial charge on any atom is -0.356 e. The first-order chi connectivity index (χ1) is 11.7. The number of nitrogens with one attached hydrogen (secondary N) is 2. The normalized spacial score (nSPS) is 17.0. The van der Waals surface area contributed by atoms with Crippen LogP contribution in [0.2, 0.25) is 0 Å². The highest BCUT2D eigenvalue weighted by atomic mass is 16.2. The topological polar surface area (TPSA) is 44.4 Å². The number of piperidine rings is 1. The summed E-state index contributed by atoms with van der Waals surface area (Å²) in [5, 5.41) is 6.58. The Balaban J connectivity index is 1.69. The second kappa shape index (κ2) is 9.80. The molecular weight excluding hydrogens is 298 g/mol. The van der Waals surface area contributed by atoms with E-state index in [0.717, 1.165) is 64.8 Å². The highest BCUT2D eigenvalue weighted by Crippen LogP contribution is 2.34. The second-order valence-corrected chi connectivity index (χ2v) is 7.11. The van der Waals surface area contributed by atoms with E-state index in [1.165, 1.54) is 5.56 Å². The Bertz CT molecular complexity index is 477. The molecule has 1 saturated heterocycles. The third kappa shape index (κ3) is 5.60. The lowest BCUT2D eigenvalue weighted by Gasteiger charge is -2.36. The zero-order chi connectivity index (χ0) is 17.3. The number of carbonyl (C=O) groups is 1. The monoisotopic (exact) mass is 331 g/mol. The van der Waals surface area contributed by atoms with Gasteiger partial charge in [-0.15, -0.1) is 0 Å². The molecule has 24 heavy (non-hydrogen) atoms. The number of rotatable bonds is 9. The number of nitrogens with zero attached hydrogens (tertiary/aromatic N) is 1. The van der Waals surface area contributed by atoms with E-state index in [-0.39, 0.29) is 11.3 Å². The molecular formula is C20H33N3O. The maximum Gasteiger partial charge on any atom is 0.226 e. The van der Waals surface area contributed by atoms with E-state index in [1.807, 2.05) is 6.07 Å². The Labute approximate surface area is 147 Å². The van der Waals surface area contributed by atoms with Gasteiger partial charge in [0.05, 0.1) is 5.41 Å². The van der Waals surface area contributed by atoms with Gasteiger partial charge in [0.2, 0.25) is 5.91 Å². The smallest absolute Gasteiger partial charge is 0.226 e. The summed E-state index contributed by atoms with van der Waals surface area (Å²) in [6.45, 7) is 6.84. The largest absolute Gasteiger partial charge is 0.356 e. The number of carbonyl (C=O) groups excluding carboxylic acids is 1. The highest BCUT2D eigenvalue weighted by molar-refractivity contribution is 5.82. The summed E-state index contributed by atoms with van der Waals surface area (Å²) in [7, 11) is 2.14. The molecule has 0 atom stereocenters. The summed E-state index contributed by atoms with van der Waals surface area (Å²) < 4.78 is 0. The average Bonchev–Trinajstić information content (AvgIpc) is 2.60. The molecule has 1 aliphatic heterocycles. The van der Waals surface area contributed by atoms with Crippen molar-refractivity contribution in [1.82, 2.24) is 15.5 Å². The van der Waals surface area contributed by atoms with Crippen LogP contribution in [0, 0.1) is 5.41 Å². The Morgan fingerprint density at radius 3 is 2.62 bits per heavy atom. The fourth-order valence-corrected chi connectivity index (χ4v) is 3.69. The van der Waals surface area contributed by atoms with Gasteiger partial charge in [-0.2, -0.15) is 0 Å². The van der Waals surface area contributed by atoms with Crippen LogP contribution in [0.5, 0.6) is 0 Å². The first kappa shape index (κ1) is 18.9. The molecule has 0 aromatic heterocycles. The van der Waals surface area contributed by atoms with Gasteiger partial charge < -0.3 is 15.5 Å². The van der Waals surface area contributed by atoms with Crippen LogP contribution in [0.15, 0.2) is 30.3 Å². The van der Waals surface area contributed by atoms with E-state index in [9.17, 15) is 4.79 Å². The predicted molar refractivity (Wildman–Crippen MR) is 99.8 cm³/mol. The molecule has 0 spiro atoms. The Morgan fingerprint density at radius 1 is 1.25 bits per heavy atom. The van der Waals surface area contributed by atoms with Crippen molar-refractivity contribution >= 4 is 5.91 Å². The molecule has 0 bridgehead atoms. The van der Waals surface area contributed by atoms with E-state index in [4.69, 9.17) is 0 Å². The third-order valence-electron chi connectivity index (χ3n) is 5.07. The van der Waals surface area contributed by atoms with Crippen molar-refractivity contribution in [2.24, 2.45) is 5.41 Å². The average molecular weight is 332 g/mol. The molecule has 0 radical (unpaired) electrons. The molecule has 0 unspecified atom stereocenters. The fourth-order valence-electron chi connectivity index (χ4n) is 3.69. The van der Waals surface area contributed by atoms with Gasteiger partial charge in [-0.3, -0.25) is 4.79 Å². The predicted octanol–water partition coefficient (Wildman–Crippen LogP) is 2.79. The van der Waals surface area contributed by atoms with Crippen molar-refractivity contribution in [3.63, 3.8) is 0 Å². The lowest BCUT2D eigenvalue weighted by Crippen LogP contribution is -2.48. The maximum absolute atomic E-state index is 12.7. The van der Waals surface area contributed by atoms with Gasteiger partial charge in [0.25, 0.3) is 0 Å². The second-order valence-electron chi connectivity index (χ2n) is 7.11. The Hall–Kier alpha value is -1.39. The first-order valence-corrected chi connectivity index (χ1v) is 9.38. The van der Waals surface area contributed by atoms with Gasteiger partial charge in [-0.1, -0.05) is 43.7 Å². The van der Waals surface area contributed by atoms with Crippen molar-refractivity contribution in [1.29, 1.82) is 0 Å². The van der Waals surface area contributed by atoms with Crippen LogP contribution in [-0.2, 0) is 11.3 Å². The maximum atomic E-state index is 12.7. The molecule has 1 heterocycles. The van der Waals surface area contributed by atoms with Gasteiger partial charge in [0.1, 0.15) is 0 Å². The summed E-state index contributed by atoms with van der Waals surface area (Å²) >= 11 is 0. The minimum absolute atomic E-state index is 0.129. The molecule has 134 valence electrons. The van der Waals surface area contributed by atoms with Crippen LogP contribution in [-0.4, -0.2) is 44.0 Å². The van der Waals surface area contributed by atoms with Crippen LogP contribution < -0.4 is 10.6 Å². The molecule has 1 aromatic rings. The minimum atomic E-state index is -0.129. The molecule has 2 N–H and O–H groups in total. The molecule has 0 saturated carbocycles. The van der Waals surface area contributed by atoms with E-state index in [1.54, 1.807) is 0 Å². The lowest BCUT2D eigenvalue weighted by molar-refractivity contribution is -0.133. The van der Waals surface area contributed by atoms with Crippen LogP contribution in [0.3, 0.4) is 0 Å². The standard InChI is InChI=1S/C20H33N3O/c1-3-10-20(11-14-21-15-12-20)19(24)22-13-7-16-23(2)17-18-8-5-4-6-9-18/h4-6,8-9,21H,3,7,10-17H2,1-2H3,(H,22,24). The van der Waals surface area contributed by atoms with Crippen LogP contribution in [0.1, 0.15) is 44.6 Å². The number of hydrogen-bond acceptors (Lipinski definition) is 3. The van der Waals surface area contributed by atoms with Gasteiger partial charge in [0, 0.05) is 13.1 Å². The van der Waals surface area contributed by atoms with Gasteiger partial charge in [-0.25, -0.2) is 0 Å². The lowest BCUT2D eigenvalue weighted by atomic mass is 9.74. The SMILES string of the molecule is CCCC1(C(=O)NCCCN(C)Cc2ccccc2)CCNCC1. The van der Waals surface area contributed by atoms with E-state index in [0.29, 0.717) is 0 Å². The van der Waals surface area contributed by atoms with Crippen LogP contribution in [0.25, 0.3) is 0 Å². The molecule has 4 heteroatoms. The van der Waals surface area contributed by atoms with Crippen LogP contribution >= 0.6 is 0 Å². The fraction of sp³-hybridized carbons (Fsp3) is 0.650. The van der Waals surface area contributed by atoms with Crippen molar-refractivity contribution < 1.29 is 4.79 Å². The third-order valence-corrected chi connectivity index (χ3v) is 5.07. The molecule has 1 amide bonds. The summed E-state index contributed by atoms with van der Waals surface area (Å²) in [4.78, 5) is 15.0. The van der Waals surface area contributed by atoms with Crippen LogP contribution in [0.4, 0.5) is 0 Å². The zero-order valence-electron chi connectivity index (χ0n) is 15.3. The summed E-state index contributed by atoms with van der Waals surface area (Å²) in [5.74, 6) is 0.275. The molecule has 1 fully saturated rings. The Kier molecular flexibility index (Phi) is 7.73. The highest BCUT2D eigenvalue weighted by Gasteiger charge is 2.38. The Morgan fingerprint density at radius 2 is 1.96 bits per heavy atom. The molecule has 2 rings (SSSR count). The van der Waals surface area contributed by atoms with E-state index < -0.39 is 0 Å². The first-order valence-electron chi connectivity index (χ1n) is 9.38. The molecule has 4 nitrogen and oxygen atoms in total. The number of amides is 1. The van der Waals surface area contributed by atoms with E-state index >= 15 is 0 Å². The molecule has 1 aliphatic rings. The van der Waals surface area contributed by atoms with Gasteiger partial charge in [0.15, 0.2) is 0 Å². The number of hydrogen-bond donors (Lipinski definition) is 2. The van der Waals surface area contributed by atoms with Crippen molar-refractivity contribution in [2.75, 3.05) is 33.2 Å². The summed E-state index contributed by atoms with van der Waals surface area (Å²) in [5.41, 5.74) is 1.20. The quantitative estimate of drug-likeness (QED) is 0.684. The number of benzene rings is 1. The van der Waals surface area contributed by atoms with E-state index in [2.05, 4.69) is 53.8 Å². The zero-order valence-corrected chi connectivity index (χ0v) is 15.3. The van der Waals surface area contributed by atoms with Crippen molar-refractivity contribution in [2.45, 2.75) is 45.6 Å². The van der Waals surface area contributed by atoms with Gasteiger partial charge in [-0.05, 0) is 57.9 Å². The van der Waals surface area contributed by atoms with Crippen molar-refractivity contribution in [3.05, 3.63) is 35.9 Å². The van der Waals surface area contributed by atoms with Gasteiger partial charge >= 0.3 is 0 Å².